The first-order chi connectivity index (χ1) is 7.75. The molecule has 0 bridgehead atoms. The van der Waals surface area contributed by atoms with Crippen molar-refractivity contribution in [3.05, 3.63) is 34.1 Å². The summed E-state index contributed by atoms with van der Waals surface area (Å²) in [6.07, 6.45) is 1.77. The molecular formula is C12H15BrFNO. The summed E-state index contributed by atoms with van der Waals surface area (Å²) in [6, 6.07) is 5.49. The van der Waals surface area contributed by atoms with Gasteiger partial charge >= 0.3 is 0 Å². The van der Waals surface area contributed by atoms with Gasteiger partial charge in [-0.1, -0.05) is 15.9 Å². The molecule has 0 radical (unpaired) electrons. The zero-order chi connectivity index (χ0) is 11.4. The maximum absolute atomic E-state index is 13.4. The van der Waals surface area contributed by atoms with Crippen molar-refractivity contribution in [1.29, 1.82) is 0 Å². The molecule has 1 unspecified atom stereocenters. The van der Waals surface area contributed by atoms with Gasteiger partial charge in [0.1, 0.15) is 5.82 Å². The molecule has 2 nitrogen and oxygen atoms in total. The Balaban J connectivity index is 1.82. The Morgan fingerprint density at radius 3 is 3.12 bits per heavy atom. The molecule has 0 aromatic heterocycles. The molecule has 4 heteroatoms. The zero-order valence-electron chi connectivity index (χ0n) is 9.01. The molecular weight excluding hydrogens is 273 g/mol. The third-order valence-corrected chi connectivity index (χ3v) is 3.26. The summed E-state index contributed by atoms with van der Waals surface area (Å²) in [7, 11) is 0. The van der Waals surface area contributed by atoms with Crippen LogP contribution in [0.4, 0.5) is 4.39 Å². The first-order valence-corrected chi connectivity index (χ1v) is 6.30. The molecule has 1 heterocycles. The van der Waals surface area contributed by atoms with Crippen molar-refractivity contribution < 1.29 is 9.13 Å². The van der Waals surface area contributed by atoms with Crippen LogP contribution in [-0.4, -0.2) is 25.8 Å². The summed E-state index contributed by atoms with van der Waals surface area (Å²) < 4.78 is 19.6. The van der Waals surface area contributed by atoms with E-state index in [1.807, 2.05) is 6.07 Å². The molecule has 1 atom stereocenters. The van der Waals surface area contributed by atoms with Gasteiger partial charge in [0.05, 0.1) is 6.61 Å². The largest absolute Gasteiger partial charge is 0.380 e. The molecule has 1 N–H and O–H groups in total. The molecule has 2 rings (SSSR count). The second-order valence-electron chi connectivity index (χ2n) is 4.00. The molecule has 1 aromatic carbocycles. The fourth-order valence-corrected chi connectivity index (χ4v) is 2.25. The second-order valence-corrected chi connectivity index (χ2v) is 4.92. The van der Waals surface area contributed by atoms with E-state index in [2.05, 4.69) is 21.2 Å². The lowest BCUT2D eigenvalue weighted by Gasteiger charge is -2.10. The van der Waals surface area contributed by atoms with E-state index < -0.39 is 0 Å². The summed E-state index contributed by atoms with van der Waals surface area (Å²) >= 11 is 3.35. The Labute approximate surface area is 103 Å². The monoisotopic (exact) mass is 287 g/mol. The van der Waals surface area contributed by atoms with Crippen molar-refractivity contribution in [3.63, 3.8) is 0 Å². The minimum atomic E-state index is -0.132. The van der Waals surface area contributed by atoms with Gasteiger partial charge < -0.3 is 10.1 Å². The fourth-order valence-electron chi connectivity index (χ4n) is 1.84. The Kier molecular flexibility index (Phi) is 4.32. The van der Waals surface area contributed by atoms with E-state index in [1.54, 1.807) is 6.07 Å². The SMILES string of the molecule is Fc1ccc(Br)cc1CCNC1CCOC1. The van der Waals surface area contributed by atoms with Gasteiger partial charge in [-0.15, -0.1) is 0 Å². The highest BCUT2D eigenvalue weighted by Gasteiger charge is 2.14. The van der Waals surface area contributed by atoms with E-state index in [1.165, 1.54) is 6.07 Å². The molecule has 1 saturated heterocycles. The maximum atomic E-state index is 13.4. The van der Waals surface area contributed by atoms with Crippen molar-refractivity contribution in [2.75, 3.05) is 19.8 Å². The molecule has 88 valence electrons. The second kappa shape index (κ2) is 5.75. The van der Waals surface area contributed by atoms with Crippen LogP contribution in [0.25, 0.3) is 0 Å². The van der Waals surface area contributed by atoms with Crippen LogP contribution in [0.2, 0.25) is 0 Å². The molecule has 0 aliphatic carbocycles. The molecule has 0 spiro atoms. The highest BCUT2D eigenvalue weighted by atomic mass is 79.9. The number of hydrogen-bond acceptors (Lipinski definition) is 2. The highest BCUT2D eigenvalue weighted by molar-refractivity contribution is 9.10. The van der Waals surface area contributed by atoms with Crippen LogP contribution in [-0.2, 0) is 11.2 Å². The van der Waals surface area contributed by atoms with Crippen molar-refractivity contribution in [3.8, 4) is 0 Å². The first kappa shape index (κ1) is 12.0. The smallest absolute Gasteiger partial charge is 0.126 e. The predicted molar refractivity (Wildman–Crippen MR) is 65.0 cm³/mol. The van der Waals surface area contributed by atoms with E-state index in [4.69, 9.17) is 4.74 Å². The van der Waals surface area contributed by atoms with Gasteiger partial charge in [0.2, 0.25) is 0 Å². The van der Waals surface area contributed by atoms with E-state index in [9.17, 15) is 4.39 Å². The van der Waals surface area contributed by atoms with Gasteiger partial charge in [-0.25, -0.2) is 4.39 Å². The molecule has 16 heavy (non-hydrogen) atoms. The topological polar surface area (TPSA) is 21.3 Å². The normalized spacial score (nSPS) is 20.2. The molecule has 1 aliphatic rings. The number of benzene rings is 1. The summed E-state index contributed by atoms with van der Waals surface area (Å²) in [5.41, 5.74) is 0.751. The van der Waals surface area contributed by atoms with Gasteiger partial charge in [-0.3, -0.25) is 0 Å². The van der Waals surface area contributed by atoms with Gasteiger partial charge in [0.25, 0.3) is 0 Å². The van der Waals surface area contributed by atoms with Crippen LogP contribution in [0.15, 0.2) is 22.7 Å². The highest BCUT2D eigenvalue weighted by Crippen LogP contribution is 2.15. The third kappa shape index (κ3) is 3.27. The number of ether oxygens (including phenoxy) is 1. The van der Waals surface area contributed by atoms with Crippen LogP contribution < -0.4 is 5.32 Å². The quantitative estimate of drug-likeness (QED) is 0.919. The Bertz CT molecular complexity index is 353. The van der Waals surface area contributed by atoms with E-state index in [0.717, 1.165) is 36.2 Å². The fraction of sp³-hybridized carbons (Fsp3) is 0.500. The standard InChI is InChI=1S/C12H15BrFNO/c13-10-1-2-12(14)9(7-10)3-5-15-11-4-6-16-8-11/h1-2,7,11,15H,3-6,8H2. The average molecular weight is 288 g/mol. The molecule has 1 aliphatic heterocycles. The lowest BCUT2D eigenvalue weighted by atomic mass is 10.1. The van der Waals surface area contributed by atoms with Crippen LogP contribution in [0, 0.1) is 5.82 Å². The number of hydrogen-bond donors (Lipinski definition) is 1. The first-order valence-electron chi connectivity index (χ1n) is 5.51. The Hall–Kier alpha value is -0.450. The lowest BCUT2D eigenvalue weighted by molar-refractivity contribution is 0.190. The van der Waals surface area contributed by atoms with Crippen molar-refractivity contribution in [2.45, 2.75) is 18.9 Å². The summed E-state index contributed by atoms with van der Waals surface area (Å²) in [6.45, 7) is 2.41. The van der Waals surface area contributed by atoms with Gasteiger partial charge in [0.15, 0.2) is 0 Å². The molecule has 0 amide bonds. The minimum absolute atomic E-state index is 0.132. The van der Waals surface area contributed by atoms with Crippen LogP contribution in [0.5, 0.6) is 0 Å². The van der Waals surface area contributed by atoms with Crippen molar-refractivity contribution in [2.24, 2.45) is 0 Å². The molecule has 1 aromatic rings. The van der Waals surface area contributed by atoms with E-state index in [0.29, 0.717) is 12.5 Å². The minimum Gasteiger partial charge on any atom is -0.380 e. The Morgan fingerprint density at radius 2 is 2.38 bits per heavy atom. The summed E-state index contributed by atoms with van der Waals surface area (Å²) in [4.78, 5) is 0. The number of nitrogens with one attached hydrogen (secondary N) is 1. The van der Waals surface area contributed by atoms with Crippen LogP contribution in [0.3, 0.4) is 0 Å². The maximum Gasteiger partial charge on any atom is 0.126 e. The number of halogens is 2. The Morgan fingerprint density at radius 1 is 1.50 bits per heavy atom. The van der Waals surface area contributed by atoms with E-state index >= 15 is 0 Å². The van der Waals surface area contributed by atoms with Gasteiger partial charge in [-0.05, 0) is 43.1 Å². The van der Waals surface area contributed by atoms with Gasteiger partial charge in [0, 0.05) is 17.1 Å². The van der Waals surface area contributed by atoms with Crippen LogP contribution in [0.1, 0.15) is 12.0 Å². The van der Waals surface area contributed by atoms with E-state index in [-0.39, 0.29) is 5.82 Å². The van der Waals surface area contributed by atoms with Crippen molar-refractivity contribution >= 4 is 15.9 Å². The van der Waals surface area contributed by atoms with Gasteiger partial charge in [-0.2, -0.15) is 0 Å². The molecule has 0 saturated carbocycles. The summed E-state index contributed by atoms with van der Waals surface area (Å²) in [5.74, 6) is -0.132. The number of rotatable bonds is 4. The van der Waals surface area contributed by atoms with Crippen LogP contribution >= 0.6 is 15.9 Å². The predicted octanol–water partition coefficient (Wildman–Crippen LogP) is 2.51. The average Bonchev–Trinajstić information content (AvgIpc) is 2.76. The summed E-state index contributed by atoms with van der Waals surface area (Å²) in [5, 5.41) is 3.37. The zero-order valence-corrected chi connectivity index (χ0v) is 10.6. The molecule has 1 fully saturated rings. The third-order valence-electron chi connectivity index (χ3n) is 2.76. The lowest BCUT2D eigenvalue weighted by Crippen LogP contribution is -2.31. The van der Waals surface area contributed by atoms with Crippen molar-refractivity contribution in [1.82, 2.24) is 5.32 Å².